The van der Waals surface area contributed by atoms with Crippen molar-refractivity contribution in [2.45, 2.75) is 37.6 Å². The van der Waals surface area contributed by atoms with Crippen LogP contribution in [0.4, 0.5) is 0 Å². The summed E-state index contributed by atoms with van der Waals surface area (Å²) in [5.74, 6) is -0.178. The third kappa shape index (κ3) is 3.28. The molecule has 1 fully saturated rings. The highest BCUT2D eigenvalue weighted by molar-refractivity contribution is 5.94. The van der Waals surface area contributed by atoms with Gasteiger partial charge in [-0.15, -0.1) is 0 Å². The van der Waals surface area contributed by atoms with E-state index in [1.165, 1.54) is 31.5 Å². The average Bonchev–Trinajstić information content (AvgIpc) is 2.45. The number of nitrogens with zero attached hydrogens (tertiary/aromatic N) is 1. The molecular formula is C15H23N3O2. The van der Waals surface area contributed by atoms with Gasteiger partial charge in [0.05, 0.1) is 0 Å². The van der Waals surface area contributed by atoms with Crippen LogP contribution < -0.4 is 10.9 Å². The number of carbonyl (C=O) groups is 1. The van der Waals surface area contributed by atoms with E-state index in [1.54, 1.807) is 6.07 Å². The van der Waals surface area contributed by atoms with Gasteiger partial charge in [0.2, 0.25) is 5.56 Å². The second kappa shape index (κ2) is 6.22. The molecule has 2 rings (SSSR count). The van der Waals surface area contributed by atoms with Crippen molar-refractivity contribution in [3.8, 4) is 0 Å². The molecule has 5 nitrogen and oxygen atoms in total. The number of hydrogen-bond acceptors (Lipinski definition) is 3. The Labute approximate surface area is 119 Å². The van der Waals surface area contributed by atoms with Gasteiger partial charge in [-0.05, 0) is 33.0 Å². The van der Waals surface area contributed by atoms with Crippen LogP contribution in [0.25, 0.3) is 0 Å². The molecule has 1 amide bonds. The highest BCUT2D eigenvalue weighted by atomic mass is 16.2. The summed E-state index contributed by atoms with van der Waals surface area (Å²) >= 11 is 0. The Morgan fingerprint density at radius 2 is 2.05 bits per heavy atom. The SMILES string of the molecule is CN(C)C1(CNC(=O)c2cc[nH]c(=O)c2)CCCCC1. The Hall–Kier alpha value is -1.62. The van der Waals surface area contributed by atoms with Gasteiger partial charge in [0.25, 0.3) is 5.91 Å². The van der Waals surface area contributed by atoms with E-state index in [4.69, 9.17) is 0 Å². The highest BCUT2D eigenvalue weighted by Gasteiger charge is 2.34. The predicted octanol–water partition coefficient (Wildman–Crippen LogP) is 1.37. The van der Waals surface area contributed by atoms with Crippen LogP contribution in [0, 0.1) is 0 Å². The molecule has 0 bridgehead atoms. The third-order valence-electron chi connectivity index (χ3n) is 4.35. The minimum absolute atomic E-state index is 0.0507. The first-order chi connectivity index (χ1) is 9.53. The summed E-state index contributed by atoms with van der Waals surface area (Å²) in [7, 11) is 4.15. The van der Waals surface area contributed by atoms with Gasteiger partial charge in [-0.2, -0.15) is 0 Å². The average molecular weight is 277 g/mol. The summed E-state index contributed by atoms with van der Waals surface area (Å²) < 4.78 is 0. The molecule has 0 spiro atoms. The monoisotopic (exact) mass is 277 g/mol. The fraction of sp³-hybridized carbons (Fsp3) is 0.600. The minimum Gasteiger partial charge on any atom is -0.350 e. The van der Waals surface area contributed by atoms with Crippen LogP contribution in [0.15, 0.2) is 23.1 Å². The lowest BCUT2D eigenvalue weighted by Crippen LogP contribution is -2.53. The number of nitrogens with one attached hydrogen (secondary N) is 2. The maximum atomic E-state index is 12.1. The Morgan fingerprint density at radius 3 is 2.65 bits per heavy atom. The number of likely N-dealkylation sites (N-methyl/N-ethyl adjacent to an activating group) is 1. The molecule has 1 aliphatic carbocycles. The smallest absolute Gasteiger partial charge is 0.251 e. The van der Waals surface area contributed by atoms with Gasteiger partial charge in [-0.25, -0.2) is 0 Å². The van der Waals surface area contributed by atoms with Crippen LogP contribution in [-0.2, 0) is 0 Å². The lowest BCUT2D eigenvalue weighted by Gasteiger charge is -2.43. The van der Waals surface area contributed by atoms with E-state index in [0.29, 0.717) is 12.1 Å². The normalized spacial score (nSPS) is 17.9. The van der Waals surface area contributed by atoms with E-state index in [-0.39, 0.29) is 17.0 Å². The molecule has 110 valence electrons. The number of aromatic nitrogens is 1. The van der Waals surface area contributed by atoms with Gasteiger partial charge < -0.3 is 15.2 Å². The molecule has 0 saturated heterocycles. The van der Waals surface area contributed by atoms with Gasteiger partial charge >= 0.3 is 0 Å². The number of hydrogen-bond donors (Lipinski definition) is 2. The molecule has 0 unspecified atom stereocenters. The van der Waals surface area contributed by atoms with Crippen LogP contribution in [0.5, 0.6) is 0 Å². The first-order valence-corrected chi connectivity index (χ1v) is 7.18. The molecule has 5 heteroatoms. The van der Waals surface area contributed by atoms with E-state index >= 15 is 0 Å². The Bertz CT molecular complexity index is 516. The van der Waals surface area contributed by atoms with Crippen LogP contribution in [0.1, 0.15) is 42.5 Å². The molecule has 2 N–H and O–H groups in total. The molecule has 1 aromatic heterocycles. The maximum Gasteiger partial charge on any atom is 0.251 e. The first kappa shape index (κ1) is 14.8. The minimum atomic E-state index is -0.252. The van der Waals surface area contributed by atoms with Crippen LogP contribution >= 0.6 is 0 Å². The zero-order chi connectivity index (χ0) is 14.6. The molecule has 1 aliphatic rings. The van der Waals surface area contributed by atoms with Crippen molar-refractivity contribution < 1.29 is 4.79 Å². The van der Waals surface area contributed by atoms with Crippen LogP contribution in [0.3, 0.4) is 0 Å². The largest absolute Gasteiger partial charge is 0.350 e. The number of pyridine rings is 1. The zero-order valence-corrected chi connectivity index (χ0v) is 12.2. The van der Waals surface area contributed by atoms with Crippen molar-refractivity contribution in [3.63, 3.8) is 0 Å². The molecule has 1 aromatic rings. The van der Waals surface area contributed by atoms with Gasteiger partial charge in [0, 0.05) is 29.9 Å². The second-order valence-corrected chi connectivity index (χ2v) is 5.80. The number of carbonyl (C=O) groups excluding carboxylic acids is 1. The van der Waals surface area contributed by atoms with Crippen molar-refractivity contribution in [3.05, 3.63) is 34.2 Å². The first-order valence-electron chi connectivity index (χ1n) is 7.18. The summed E-state index contributed by atoms with van der Waals surface area (Å²) in [6, 6.07) is 2.96. The Balaban J connectivity index is 2.02. The Morgan fingerprint density at radius 1 is 1.35 bits per heavy atom. The standard InChI is InChI=1S/C15H23N3O2/c1-18(2)15(7-4-3-5-8-15)11-17-14(20)12-6-9-16-13(19)10-12/h6,9-10H,3-5,7-8,11H2,1-2H3,(H,16,19)(H,17,20). The van der Waals surface area contributed by atoms with Crippen molar-refractivity contribution >= 4 is 5.91 Å². The number of rotatable bonds is 4. The lowest BCUT2D eigenvalue weighted by atomic mass is 9.80. The Kier molecular flexibility index (Phi) is 4.60. The summed E-state index contributed by atoms with van der Waals surface area (Å²) in [4.78, 5) is 28.1. The molecule has 1 saturated carbocycles. The predicted molar refractivity (Wildman–Crippen MR) is 78.9 cm³/mol. The zero-order valence-electron chi connectivity index (χ0n) is 12.2. The van der Waals surface area contributed by atoms with Crippen molar-refractivity contribution in [2.24, 2.45) is 0 Å². The molecule has 1 heterocycles. The molecule has 0 radical (unpaired) electrons. The topological polar surface area (TPSA) is 65.2 Å². The summed E-state index contributed by atoms with van der Waals surface area (Å²) in [5, 5.41) is 2.98. The summed E-state index contributed by atoms with van der Waals surface area (Å²) in [6.45, 7) is 0.631. The fourth-order valence-corrected chi connectivity index (χ4v) is 2.92. The van der Waals surface area contributed by atoms with E-state index in [2.05, 4.69) is 29.3 Å². The number of amides is 1. The highest BCUT2D eigenvalue weighted by Crippen LogP contribution is 2.31. The summed E-state index contributed by atoms with van der Waals surface area (Å²) in [6.07, 6.45) is 7.40. The van der Waals surface area contributed by atoms with Crippen molar-refractivity contribution in [1.29, 1.82) is 0 Å². The van der Waals surface area contributed by atoms with E-state index < -0.39 is 0 Å². The van der Waals surface area contributed by atoms with E-state index in [1.807, 2.05) is 0 Å². The van der Waals surface area contributed by atoms with E-state index in [9.17, 15) is 9.59 Å². The van der Waals surface area contributed by atoms with Crippen molar-refractivity contribution in [1.82, 2.24) is 15.2 Å². The fourth-order valence-electron chi connectivity index (χ4n) is 2.92. The van der Waals surface area contributed by atoms with E-state index in [0.717, 1.165) is 12.8 Å². The maximum absolute atomic E-state index is 12.1. The third-order valence-corrected chi connectivity index (χ3v) is 4.35. The van der Waals surface area contributed by atoms with Crippen LogP contribution in [-0.4, -0.2) is 42.0 Å². The molecule has 0 aromatic carbocycles. The second-order valence-electron chi connectivity index (χ2n) is 5.80. The van der Waals surface area contributed by atoms with Gasteiger partial charge in [-0.3, -0.25) is 9.59 Å². The quantitative estimate of drug-likeness (QED) is 0.873. The molecule has 0 atom stereocenters. The van der Waals surface area contributed by atoms with Gasteiger partial charge in [-0.1, -0.05) is 19.3 Å². The van der Waals surface area contributed by atoms with Gasteiger partial charge in [0.1, 0.15) is 0 Å². The molecular weight excluding hydrogens is 254 g/mol. The number of aromatic amines is 1. The van der Waals surface area contributed by atoms with Crippen LogP contribution in [0.2, 0.25) is 0 Å². The summed E-state index contributed by atoms with van der Waals surface area (Å²) in [5.41, 5.74) is 0.214. The molecule has 20 heavy (non-hydrogen) atoms. The van der Waals surface area contributed by atoms with Crippen molar-refractivity contribution in [2.75, 3.05) is 20.6 Å². The van der Waals surface area contributed by atoms with Gasteiger partial charge in [0.15, 0.2) is 0 Å². The lowest BCUT2D eigenvalue weighted by molar-refractivity contribution is 0.0799. The molecule has 0 aliphatic heterocycles. The number of H-pyrrole nitrogens is 1.